The first kappa shape index (κ1) is 13.6. The summed E-state index contributed by atoms with van der Waals surface area (Å²) in [5.74, 6) is 0.925. The molecule has 0 amide bonds. The van der Waals surface area contributed by atoms with Crippen LogP contribution < -0.4 is 10.5 Å². The summed E-state index contributed by atoms with van der Waals surface area (Å²) in [7, 11) is 0. The molecule has 1 saturated carbocycles. The summed E-state index contributed by atoms with van der Waals surface area (Å²) in [6.07, 6.45) is 5.29. The number of anilines is 1. The van der Waals surface area contributed by atoms with Crippen molar-refractivity contribution in [2.24, 2.45) is 5.92 Å². The molecule has 2 atom stereocenters. The highest BCUT2D eigenvalue weighted by atomic mass is 16.6. The number of nitrogens with zero attached hydrogens (tertiary/aromatic N) is 2. The van der Waals surface area contributed by atoms with Gasteiger partial charge in [-0.25, -0.2) is 0 Å². The van der Waals surface area contributed by atoms with Crippen molar-refractivity contribution < 1.29 is 9.66 Å². The van der Waals surface area contributed by atoms with E-state index in [1.165, 1.54) is 18.6 Å². The number of nitrogen functional groups attached to an aromatic ring is 1. The fourth-order valence-electron chi connectivity index (χ4n) is 2.55. The largest absolute Gasteiger partial charge is 0.469 e. The second kappa shape index (κ2) is 5.86. The Morgan fingerprint density at radius 1 is 1.53 bits per heavy atom. The molecule has 0 saturated heterocycles. The Balaban J connectivity index is 2.13. The molecule has 0 aromatic carbocycles. The Morgan fingerprint density at radius 3 is 3.00 bits per heavy atom. The fourth-order valence-corrected chi connectivity index (χ4v) is 2.55. The number of nitrogens with two attached hydrogens (primary N) is 1. The normalized spacial score (nSPS) is 23.0. The molecule has 1 aliphatic rings. The van der Waals surface area contributed by atoms with Gasteiger partial charge < -0.3 is 10.5 Å². The number of aromatic nitrogens is 1. The highest BCUT2D eigenvalue weighted by Gasteiger charge is 2.26. The van der Waals surface area contributed by atoms with Crippen LogP contribution in [0.4, 0.5) is 11.5 Å². The zero-order valence-electron chi connectivity index (χ0n) is 11.0. The van der Waals surface area contributed by atoms with E-state index in [0.29, 0.717) is 5.92 Å². The van der Waals surface area contributed by atoms with Crippen LogP contribution in [0.15, 0.2) is 12.1 Å². The van der Waals surface area contributed by atoms with Crippen molar-refractivity contribution in [3.63, 3.8) is 0 Å². The Hall–Kier alpha value is -1.85. The molecule has 0 aliphatic heterocycles. The van der Waals surface area contributed by atoms with Gasteiger partial charge in [-0.1, -0.05) is 19.8 Å². The van der Waals surface area contributed by atoms with E-state index in [1.807, 2.05) is 0 Å². The van der Waals surface area contributed by atoms with Gasteiger partial charge in [0, 0.05) is 6.07 Å². The van der Waals surface area contributed by atoms with Crippen LogP contribution in [0.25, 0.3) is 0 Å². The monoisotopic (exact) mass is 265 g/mol. The molecule has 0 spiro atoms. The molecule has 2 rings (SSSR count). The standard InChI is InChI=1S/C13H19N3O3/c1-2-9-4-3-5-10(8-9)19-13-11(16(17)18)6-7-12(14)15-13/h6-7,9-10H,2-5,8H2,1H3,(H2,14,15). The number of hydrogen-bond acceptors (Lipinski definition) is 5. The van der Waals surface area contributed by atoms with Gasteiger partial charge in [0.25, 0.3) is 5.88 Å². The third kappa shape index (κ3) is 3.33. The van der Waals surface area contributed by atoms with Crippen molar-refractivity contribution in [2.45, 2.75) is 45.1 Å². The van der Waals surface area contributed by atoms with Gasteiger partial charge in [-0.2, -0.15) is 4.98 Å². The third-order valence-electron chi connectivity index (χ3n) is 3.65. The van der Waals surface area contributed by atoms with Crippen LogP contribution in [0.1, 0.15) is 39.0 Å². The van der Waals surface area contributed by atoms with E-state index in [-0.39, 0.29) is 23.5 Å². The number of hydrogen-bond donors (Lipinski definition) is 1. The Kier molecular flexibility index (Phi) is 4.19. The Bertz CT molecular complexity index is 464. The van der Waals surface area contributed by atoms with E-state index in [9.17, 15) is 10.1 Å². The summed E-state index contributed by atoms with van der Waals surface area (Å²) in [6, 6.07) is 2.76. The van der Waals surface area contributed by atoms with Crippen LogP contribution in [0.3, 0.4) is 0 Å². The topological polar surface area (TPSA) is 91.3 Å². The first-order valence-corrected chi connectivity index (χ1v) is 6.67. The van der Waals surface area contributed by atoms with Crippen LogP contribution in [-0.4, -0.2) is 16.0 Å². The molecule has 2 N–H and O–H groups in total. The summed E-state index contributed by atoms with van der Waals surface area (Å²) in [5.41, 5.74) is 5.45. The third-order valence-corrected chi connectivity index (χ3v) is 3.65. The molecule has 1 heterocycles. The summed E-state index contributed by atoms with van der Waals surface area (Å²) in [4.78, 5) is 14.4. The van der Waals surface area contributed by atoms with Gasteiger partial charge in [-0.15, -0.1) is 0 Å². The Morgan fingerprint density at radius 2 is 2.32 bits per heavy atom. The minimum absolute atomic E-state index is 0.00620. The Labute approximate surface area is 112 Å². The lowest BCUT2D eigenvalue weighted by Gasteiger charge is -2.28. The minimum atomic E-state index is -0.484. The molecule has 6 heteroatoms. The van der Waals surface area contributed by atoms with Gasteiger partial charge in [0.05, 0.1) is 4.92 Å². The first-order chi connectivity index (χ1) is 9.10. The van der Waals surface area contributed by atoms with E-state index < -0.39 is 4.92 Å². The molecule has 0 radical (unpaired) electrons. The van der Waals surface area contributed by atoms with Crippen molar-refractivity contribution in [3.8, 4) is 5.88 Å². The van der Waals surface area contributed by atoms with Gasteiger partial charge in [0.15, 0.2) is 0 Å². The minimum Gasteiger partial charge on any atom is -0.469 e. The summed E-state index contributed by atoms with van der Waals surface area (Å²) < 4.78 is 5.73. The fraction of sp³-hybridized carbons (Fsp3) is 0.615. The molecular weight excluding hydrogens is 246 g/mol. The van der Waals surface area contributed by atoms with E-state index in [0.717, 1.165) is 25.7 Å². The van der Waals surface area contributed by atoms with Crippen molar-refractivity contribution >= 4 is 11.5 Å². The van der Waals surface area contributed by atoms with Gasteiger partial charge >= 0.3 is 5.69 Å². The van der Waals surface area contributed by atoms with E-state index in [2.05, 4.69) is 11.9 Å². The van der Waals surface area contributed by atoms with Gasteiger partial charge in [-0.3, -0.25) is 10.1 Å². The molecule has 1 aromatic heterocycles. The lowest BCUT2D eigenvalue weighted by Crippen LogP contribution is -2.25. The van der Waals surface area contributed by atoms with Crippen molar-refractivity contribution in [1.29, 1.82) is 0 Å². The zero-order chi connectivity index (χ0) is 13.8. The zero-order valence-corrected chi connectivity index (χ0v) is 11.0. The summed E-state index contributed by atoms with van der Waals surface area (Å²) >= 11 is 0. The maximum atomic E-state index is 10.9. The molecule has 2 unspecified atom stereocenters. The average molecular weight is 265 g/mol. The molecule has 1 aromatic rings. The first-order valence-electron chi connectivity index (χ1n) is 6.67. The van der Waals surface area contributed by atoms with Crippen LogP contribution in [0.2, 0.25) is 0 Å². The van der Waals surface area contributed by atoms with Crippen LogP contribution >= 0.6 is 0 Å². The predicted octanol–water partition coefficient (Wildman–Crippen LogP) is 2.92. The van der Waals surface area contributed by atoms with Crippen LogP contribution in [0, 0.1) is 16.0 Å². The average Bonchev–Trinajstić information content (AvgIpc) is 2.38. The number of rotatable bonds is 4. The van der Waals surface area contributed by atoms with Gasteiger partial charge in [0.2, 0.25) is 0 Å². The van der Waals surface area contributed by atoms with Crippen molar-refractivity contribution in [3.05, 3.63) is 22.2 Å². The molecule has 1 aliphatic carbocycles. The summed E-state index contributed by atoms with van der Waals surface area (Å²) in [5, 5.41) is 10.9. The second-order valence-corrected chi connectivity index (χ2v) is 5.00. The van der Waals surface area contributed by atoms with E-state index in [1.54, 1.807) is 0 Å². The number of nitro groups is 1. The van der Waals surface area contributed by atoms with E-state index >= 15 is 0 Å². The molecule has 19 heavy (non-hydrogen) atoms. The lowest BCUT2D eigenvalue weighted by molar-refractivity contribution is -0.386. The quantitative estimate of drug-likeness (QED) is 0.667. The second-order valence-electron chi connectivity index (χ2n) is 5.00. The summed E-state index contributed by atoms with van der Waals surface area (Å²) in [6.45, 7) is 2.16. The van der Waals surface area contributed by atoms with Crippen LogP contribution in [0.5, 0.6) is 5.88 Å². The maximum absolute atomic E-state index is 10.9. The highest BCUT2D eigenvalue weighted by Crippen LogP contribution is 2.32. The van der Waals surface area contributed by atoms with Gasteiger partial charge in [0.1, 0.15) is 11.9 Å². The smallest absolute Gasteiger partial charge is 0.331 e. The highest BCUT2D eigenvalue weighted by molar-refractivity contribution is 5.47. The predicted molar refractivity (Wildman–Crippen MR) is 72.0 cm³/mol. The maximum Gasteiger partial charge on any atom is 0.331 e. The molecular formula is C13H19N3O3. The number of ether oxygens (including phenoxy) is 1. The van der Waals surface area contributed by atoms with Crippen LogP contribution in [-0.2, 0) is 0 Å². The molecule has 0 bridgehead atoms. The number of pyridine rings is 1. The van der Waals surface area contributed by atoms with Crippen molar-refractivity contribution in [1.82, 2.24) is 4.98 Å². The van der Waals surface area contributed by atoms with E-state index in [4.69, 9.17) is 10.5 Å². The molecule has 104 valence electrons. The van der Waals surface area contributed by atoms with Crippen molar-refractivity contribution in [2.75, 3.05) is 5.73 Å². The SMILES string of the molecule is CCC1CCCC(Oc2nc(N)ccc2[N+](=O)[O-])C1. The van der Waals surface area contributed by atoms with Gasteiger partial charge in [-0.05, 0) is 31.2 Å². The molecule has 1 fully saturated rings. The molecule has 6 nitrogen and oxygen atoms in total. The lowest BCUT2D eigenvalue weighted by atomic mass is 9.85.